The Bertz CT molecular complexity index is 229. The summed E-state index contributed by atoms with van der Waals surface area (Å²) in [4.78, 5) is 14.1. The Morgan fingerprint density at radius 3 is 2.12 bits per heavy atom. The second kappa shape index (κ2) is 7.00. The molecule has 0 aliphatic rings. The zero-order valence-corrected chi connectivity index (χ0v) is 12.5. The van der Waals surface area contributed by atoms with Crippen LogP contribution in [-0.2, 0) is 9.53 Å². The number of nitrogens with zero attached hydrogens (tertiary/aromatic N) is 1. The Balaban J connectivity index is 4.18. The molecule has 0 N–H and O–H groups in total. The third-order valence-corrected chi connectivity index (χ3v) is 2.85. The SMILES string of the molecule is CC(C)C(C(=O)OCCCN(C)C)C(C)(C)C. The van der Waals surface area contributed by atoms with Crippen LogP contribution in [0.15, 0.2) is 0 Å². The summed E-state index contributed by atoms with van der Waals surface area (Å²) >= 11 is 0. The second-order valence-electron chi connectivity index (χ2n) is 6.41. The maximum absolute atomic E-state index is 12.0. The molecule has 3 heteroatoms. The summed E-state index contributed by atoms with van der Waals surface area (Å²) < 4.78 is 5.38. The van der Waals surface area contributed by atoms with Crippen LogP contribution in [-0.4, -0.2) is 38.1 Å². The first kappa shape index (κ1) is 16.4. The zero-order chi connectivity index (χ0) is 13.6. The van der Waals surface area contributed by atoms with Gasteiger partial charge in [0.05, 0.1) is 12.5 Å². The molecule has 0 fully saturated rings. The molecular weight excluding hydrogens is 214 g/mol. The van der Waals surface area contributed by atoms with E-state index in [1.807, 2.05) is 14.1 Å². The Kier molecular flexibility index (Phi) is 6.76. The summed E-state index contributed by atoms with van der Waals surface area (Å²) in [7, 11) is 4.04. The standard InChI is InChI=1S/C14H29NO2/c1-11(2)12(14(3,4)5)13(16)17-10-8-9-15(6)7/h11-12H,8-10H2,1-7H3. The average molecular weight is 243 g/mol. The van der Waals surface area contributed by atoms with Gasteiger partial charge in [-0.2, -0.15) is 0 Å². The molecule has 0 aromatic carbocycles. The van der Waals surface area contributed by atoms with Crippen molar-refractivity contribution in [3.05, 3.63) is 0 Å². The van der Waals surface area contributed by atoms with Crippen LogP contribution in [0.3, 0.4) is 0 Å². The van der Waals surface area contributed by atoms with E-state index in [2.05, 4.69) is 39.5 Å². The highest BCUT2D eigenvalue weighted by atomic mass is 16.5. The predicted molar refractivity (Wildman–Crippen MR) is 71.9 cm³/mol. The first-order valence-corrected chi connectivity index (χ1v) is 6.47. The van der Waals surface area contributed by atoms with Crippen LogP contribution in [0.4, 0.5) is 0 Å². The molecular formula is C14H29NO2. The van der Waals surface area contributed by atoms with E-state index in [0.717, 1.165) is 13.0 Å². The van der Waals surface area contributed by atoms with Gasteiger partial charge < -0.3 is 9.64 Å². The van der Waals surface area contributed by atoms with Gasteiger partial charge in [-0.3, -0.25) is 4.79 Å². The molecule has 3 nitrogen and oxygen atoms in total. The van der Waals surface area contributed by atoms with E-state index in [9.17, 15) is 4.79 Å². The molecule has 0 radical (unpaired) electrons. The van der Waals surface area contributed by atoms with E-state index in [1.54, 1.807) is 0 Å². The van der Waals surface area contributed by atoms with Gasteiger partial charge in [-0.05, 0) is 31.8 Å². The molecule has 0 aliphatic carbocycles. The Labute approximate surface area is 107 Å². The zero-order valence-electron chi connectivity index (χ0n) is 12.5. The van der Waals surface area contributed by atoms with Crippen molar-refractivity contribution in [2.24, 2.45) is 17.3 Å². The van der Waals surface area contributed by atoms with Crippen LogP contribution in [0.1, 0.15) is 41.0 Å². The van der Waals surface area contributed by atoms with Crippen LogP contribution < -0.4 is 0 Å². The number of hydrogen-bond acceptors (Lipinski definition) is 3. The minimum absolute atomic E-state index is 0.0261. The molecule has 0 aromatic heterocycles. The summed E-state index contributed by atoms with van der Waals surface area (Å²) in [5.41, 5.74) is -0.0349. The van der Waals surface area contributed by atoms with Crippen LogP contribution >= 0.6 is 0 Å². The number of esters is 1. The molecule has 0 saturated carbocycles. The topological polar surface area (TPSA) is 29.5 Å². The van der Waals surface area contributed by atoms with Gasteiger partial charge in [0, 0.05) is 6.54 Å². The Morgan fingerprint density at radius 2 is 1.76 bits per heavy atom. The highest BCUT2D eigenvalue weighted by Crippen LogP contribution is 2.32. The number of ether oxygens (including phenoxy) is 1. The minimum Gasteiger partial charge on any atom is -0.465 e. The highest BCUT2D eigenvalue weighted by Gasteiger charge is 2.34. The third kappa shape index (κ3) is 6.67. The van der Waals surface area contributed by atoms with Gasteiger partial charge in [0.25, 0.3) is 0 Å². The highest BCUT2D eigenvalue weighted by molar-refractivity contribution is 5.73. The maximum Gasteiger partial charge on any atom is 0.309 e. The van der Waals surface area contributed by atoms with Gasteiger partial charge in [-0.15, -0.1) is 0 Å². The van der Waals surface area contributed by atoms with Crippen molar-refractivity contribution < 1.29 is 9.53 Å². The average Bonchev–Trinajstić information content (AvgIpc) is 2.08. The quantitative estimate of drug-likeness (QED) is 0.531. The molecule has 0 heterocycles. The van der Waals surface area contributed by atoms with E-state index in [1.165, 1.54) is 0 Å². The van der Waals surface area contributed by atoms with Crippen molar-refractivity contribution in [1.82, 2.24) is 4.90 Å². The molecule has 0 bridgehead atoms. The summed E-state index contributed by atoms with van der Waals surface area (Å²) in [5.74, 6) is 0.240. The summed E-state index contributed by atoms with van der Waals surface area (Å²) in [6.45, 7) is 11.9. The lowest BCUT2D eigenvalue weighted by Gasteiger charge is -2.31. The Morgan fingerprint density at radius 1 is 1.24 bits per heavy atom. The lowest BCUT2D eigenvalue weighted by molar-refractivity contribution is -0.154. The minimum atomic E-state index is -0.0498. The van der Waals surface area contributed by atoms with E-state index >= 15 is 0 Å². The molecule has 0 saturated heterocycles. The summed E-state index contributed by atoms with van der Waals surface area (Å²) in [6.07, 6.45) is 0.897. The lowest BCUT2D eigenvalue weighted by atomic mass is 9.74. The van der Waals surface area contributed by atoms with Crippen molar-refractivity contribution in [2.75, 3.05) is 27.2 Å². The number of rotatable bonds is 6. The molecule has 0 amide bonds. The molecule has 0 spiro atoms. The van der Waals surface area contributed by atoms with E-state index in [0.29, 0.717) is 12.5 Å². The monoisotopic (exact) mass is 243 g/mol. The smallest absolute Gasteiger partial charge is 0.309 e. The summed E-state index contributed by atoms with van der Waals surface area (Å²) in [5, 5.41) is 0. The van der Waals surface area contributed by atoms with E-state index in [4.69, 9.17) is 4.74 Å². The molecule has 17 heavy (non-hydrogen) atoms. The normalized spacial score (nSPS) is 14.2. The number of carbonyl (C=O) groups is 1. The molecule has 0 aromatic rings. The van der Waals surface area contributed by atoms with Gasteiger partial charge in [-0.25, -0.2) is 0 Å². The first-order chi connectivity index (χ1) is 7.66. The molecule has 1 unspecified atom stereocenters. The fourth-order valence-electron chi connectivity index (χ4n) is 2.27. The predicted octanol–water partition coefficient (Wildman–Crippen LogP) is 2.80. The van der Waals surface area contributed by atoms with Crippen molar-refractivity contribution in [2.45, 2.75) is 41.0 Å². The van der Waals surface area contributed by atoms with Crippen LogP contribution in [0.25, 0.3) is 0 Å². The van der Waals surface area contributed by atoms with Crippen LogP contribution in [0.2, 0.25) is 0 Å². The van der Waals surface area contributed by atoms with E-state index in [-0.39, 0.29) is 17.3 Å². The first-order valence-electron chi connectivity index (χ1n) is 6.47. The lowest BCUT2D eigenvalue weighted by Crippen LogP contribution is -2.34. The largest absolute Gasteiger partial charge is 0.465 e. The molecule has 102 valence electrons. The summed E-state index contributed by atoms with van der Waals surface area (Å²) in [6, 6.07) is 0. The van der Waals surface area contributed by atoms with Gasteiger partial charge in [-0.1, -0.05) is 34.6 Å². The second-order valence-corrected chi connectivity index (χ2v) is 6.41. The van der Waals surface area contributed by atoms with Crippen molar-refractivity contribution >= 4 is 5.97 Å². The van der Waals surface area contributed by atoms with Crippen molar-refractivity contribution in [1.29, 1.82) is 0 Å². The van der Waals surface area contributed by atoms with Crippen LogP contribution in [0.5, 0.6) is 0 Å². The van der Waals surface area contributed by atoms with Gasteiger partial charge in [0.15, 0.2) is 0 Å². The van der Waals surface area contributed by atoms with Crippen LogP contribution in [0, 0.1) is 17.3 Å². The van der Waals surface area contributed by atoms with Gasteiger partial charge in [0.2, 0.25) is 0 Å². The van der Waals surface area contributed by atoms with Gasteiger partial charge >= 0.3 is 5.97 Å². The van der Waals surface area contributed by atoms with E-state index < -0.39 is 0 Å². The molecule has 1 atom stereocenters. The third-order valence-electron chi connectivity index (χ3n) is 2.85. The number of hydrogen-bond donors (Lipinski definition) is 0. The number of carbonyl (C=O) groups excluding carboxylic acids is 1. The maximum atomic E-state index is 12.0. The fraction of sp³-hybridized carbons (Fsp3) is 0.929. The van der Waals surface area contributed by atoms with Gasteiger partial charge in [0.1, 0.15) is 0 Å². The Hall–Kier alpha value is -0.570. The van der Waals surface area contributed by atoms with Crippen molar-refractivity contribution in [3.63, 3.8) is 0 Å². The van der Waals surface area contributed by atoms with Crippen molar-refractivity contribution in [3.8, 4) is 0 Å². The fourth-order valence-corrected chi connectivity index (χ4v) is 2.27. The molecule has 0 rings (SSSR count). The molecule has 0 aliphatic heterocycles.